The zero-order valence-electron chi connectivity index (χ0n) is 20.9. The molecule has 1 aliphatic carbocycles. The second-order valence-electron chi connectivity index (χ2n) is 9.40. The van der Waals surface area contributed by atoms with E-state index in [1.165, 1.54) is 5.56 Å². The summed E-state index contributed by atoms with van der Waals surface area (Å²) in [6.07, 6.45) is 5.62. The lowest BCUT2D eigenvalue weighted by Gasteiger charge is -2.31. The number of hydrogen-bond acceptors (Lipinski definition) is 4. The van der Waals surface area contributed by atoms with Gasteiger partial charge in [0.2, 0.25) is 5.91 Å². The number of amides is 1. The van der Waals surface area contributed by atoms with E-state index in [4.69, 9.17) is 22.1 Å². The third kappa shape index (κ3) is 6.97. The molecule has 1 saturated carbocycles. The van der Waals surface area contributed by atoms with Gasteiger partial charge in [0.1, 0.15) is 0 Å². The standard InChI is InChI=1S/C28H40ClN3O2/c1-4-21-9-7-10-22(19-21)27-25(29)11-8-12-26(27)32(15-5-6-18-34-3)17-16-31(2)28(33)23-13-14-24(30)20-23/h7-12,19,23-24H,4-6,13-18,20,30H2,1-3H3/t23-,24+/m1/s1. The van der Waals surface area contributed by atoms with Crippen LogP contribution in [0, 0.1) is 5.92 Å². The third-order valence-corrected chi connectivity index (χ3v) is 7.20. The van der Waals surface area contributed by atoms with Gasteiger partial charge in [-0.3, -0.25) is 4.79 Å². The number of likely N-dealkylation sites (N-methyl/N-ethyl adjacent to an activating group) is 1. The maximum Gasteiger partial charge on any atom is 0.225 e. The molecule has 0 radical (unpaired) electrons. The summed E-state index contributed by atoms with van der Waals surface area (Å²) in [4.78, 5) is 17.2. The first-order valence-corrected chi connectivity index (χ1v) is 12.9. The Morgan fingerprint density at radius 2 is 1.91 bits per heavy atom. The monoisotopic (exact) mass is 485 g/mol. The Bertz CT molecular complexity index is 936. The average Bonchev–Trinajstić information content (AvgIpc) is 3.29. The van der Waals surface area contributed by atoms with Gasteiger partial charge in [0, 0.05) is 63.6 Å². The van der Waals surface area contributed by atoms with Crippen molar-refractivity contribution in [1.29, 1.82) is 0 Å². The first kappa shape index (κ1) is 26.5. The van der Waals surface area contributed by atoms with E-state index in [-0.39, 0.29) is 17.9 Å². The Labute approximate surface area is 210 Å². The Morgan fingerprint density at radius 1 is 1.12 bits per heavy atom. The van der Waals surface area contributed by atoms with Crippen molar-refractivity contribution in [2.75, 3.05) is 45.3 Å². The number of carbonyl (C=O) groups is 1. The highest BCUT2D eigenvalue weighted by Gasteiger charge is 2.30. The third-order valence-electron chi connectivity index (χ3n) is 6.89. The summed E-state index contributed by atoms with van der Waals surface area (Å²) in [6.45, 7) is 5.19. The van der Waals surface area contributed by atoms with Gasteiger partial charge in [0.25, 0.3) is 0 Å². The van der Waals surface area contributed by atoms with Gasteiger partial charge in [-0.15, -0.1) is 0 Å². The number of nitrogens with two attached hydrogens (primary N) is 1. The summed E-state index contributed by atoms with van der Waals surface area (Å²) in [5.74, 6) is 0.280. The van der Waals surface area contributed by atoms with Crippen LogP contribution < -0.4 is 10.6 Å². The van der Waals surface area contributed by atoms with Crippen LogP contribution in [-0.4, -0.2) is 57.2 Å². The molecule has 1 amide bonds. The van der Waals surface area contributed by atoms with E-state index in [1.807, 2.05) is 24.1 Å². The van der Waals surface area contributed by atoms with Gasteiger partial charge in [-0.05, 0) is 61.8 Å². The first-order valence-electron chi connectivity index (χ1n) is 12.6. The maximum absolute atomic E-state index is 13.0. The van der Waals surface area contributed by atoms with Crippen LogP contribution in [-0.2, 0) is 16.0 Å². The molecular formula is C28H40ClN3O2. The lowest BCUT2D eigenvalue weighted by atomic mass is 9.99. The SMILES string of the molecule is CCc1cccc(-c2c(Cl)cccc2N(CCCCOC)CCN(C)C(=O)[C@@H]2CC[C@H](N)C2)c1. The van der Waals surface area contributed by atoms with Gasteiger partial charge in [0.05, 0.1) is 5.02 Å². The number of halogens is 1. The highest BCUT2D eigenvalue weighted by Crippen LogP contribution is 2.37. The van der Waals surface area contributed by atoms with Crippen LogP contribution in [0.15, 0.2) is 42.5 Å². The predicted octanol–water partition coefficient (Wildman–Crippen LogP) is 5.39. The number of carbonyl (C=O) groups excluding carboxylic acids is 1. The van der Waals surface area contributed by atoms with Crippen LogP contribution in [0.3, 0.4) is 0 Å². The number of unbranched alkanes of at least 4 members (excludes halogenated alkanes) is 1. The molecule has 0 aromatic heterocycles. The van der Waals surface area contributed by atoms with E-state index >= 15 is 0 Å². The van der Waals surface area contributed by atoms with Crippen LogP contribution >= 0.6 is 11.6 Å². The van der Waals surface area contributed by atoms with E-state index in [0.717, 1.165) is 80.1 Å². The molecule has 34 heavy (non-hydrogen) atoms. The lowest BCUT2D eigenvalue weighted by Crippen LogP contribution is -2.39. The minimum Gasteiger partial charge on any atom is -0.385 e. The number of anilines is 1. The van der Waals surface area contributed by atoms with Gasteiger partial charge < -0.3 is 20.3 Å². The topological polar surface area (TPSA) is 58.8 Å². The number of methoxy groups -OCH3 is 1. The quantitative estimate of drug-likeness (QED) is 0.409. The maximum atomic E-state index is 13.0. The number of rotatable bonds is 12. The number of benzene rings is 2. The minimum absolute atomic E-state index is 0.0636. The van der Waals surface area contributed by atoms with Gasteiger partial charge in [-0.1, -0.05) is 48.9 Å². The van der Waals surface area contributed by atoms with Crippen molar-refractivity contribution >= 4 is 23.2 Å². The van der Waals surface area contributed by atoms with Crippen LogP contribution in [0.5, 0.6) is 0 Å². The van der Waals surface area contributed by atoms with E-state index < -0.39 is 0 Å². The van der Waals surface area contributed by atoms with Crippen molar-refractivity contribution < 1.29 is 9.53 Å². The Balaban J connectivity index is 1.82. The highest BCUT2D eigenvalue weighted by molar-refractivity contribution is 6.34. The van der Waals surface area contributed by atoms with E-state index in [9.17, 15) is 4.79 Å². The van der Waals surface area contributed by atoms with Crippen LogP contribution in [0.2, 0.25) is 5.02 Å². The van der Waals surface area contributed by atoms with Crippen LogP contribution in [0.1, 0.15) is 44.6 Å². The zero-order chi connectivity index (χ0) is 24.5. The van der Waals surface area contributed by atoms with Crippen molar-refractivity contribution in [1.82, 2.24) is 4.90 Å². The van der Waals surface area contributed by atoms with Gasteiger partial charge in [-0.25, -0.2) is 0 Å². The van der Waals surface area contributed by atoms with E-state index in [0.29, 0.717) is 6.54 Å². The van der Waals surface area contributed by atoms with Crippen molar-refractivity contribution in [3.05, 3.63) is 53.1 Å². The van der Waals surface area contributed by atoms with E-state index in [2.05, 4.69) is 42.2 Å². The number of ether oxygens (including phenoxy) is 1. The van der Waals surface area contributed by atoms with Gasteiger partial charge in [-0.2, -0.15) is 0 Å². The van der Waals surface area contributed by atoms with Crippen LogP contribution in [0.4, 0.5) is 5.69 Å². The Kier molecular flexibility index (Phi) is 10.2. The van der Waals surface area contributed by atoms with Crippen LogP contribution in [0.25, 0.3) is 11.1 Å². The molecule has 0 aliphatic heterocycles. The molecule has 2 aromatic rings. The zero-order valence-corrected chi connectivity index (χ0v) is 21.7. The molecule has 0 bridgehead atoms. The summed E-state index contributed by atoms with van der Waals surface area (Å²) < 4.78 is 5.26. The fourth-order valence-corrected chi connectivity index (χ4v) is 5.12. The molecule has 6 heteroatoms. The predicted molar refractivity (Wildman–Crippen MR) is 143 cm³/mol. The Morgan fingerprint density at radius 3 is 2.62 bits per heavy atom. The second-order valence-corrected chi connectivity index (χ2v) is 9.81. The molecule has 2 aromatic carbocycles. The molecule has 3 rings (SSSR count). The summed E-state index contributed by atoms with van der Waals surface area (Å²) >= 11 is 6.78. The van der Waals surface area contributed by atoms with Crippen molar-refractivity contribution in [2.45, 2.75) is 51.5 Å². The summed E-state index contributed by atoms with van der Waals surface area (Å²) in [5.41, 5.74) is 10.6. The van der Waals surface area contributed by atoms with Crippen molar-refractivity contribution in [3.63, 3.8) is 0 Å². The molecule has 2 atom stereocenters. The molecule has 0 saturated heterocycles. The number of nitrogens with zero attached hydrogens (tertiary/aromatic N) is 2. The van der Waals surface area contributed by atoms with Gasteiger partial charge in [0.15, 0.2) is 0 Å². The fourth-order valence-electron chi connectivity index (χ4n) is 4.84. The average molecular weight is 486 g/mol. The molecule has 2 N–H and O–H groups in total. The second kappa shape index (κ2) is 13.1. The number of aryl methyl sites for hydroxylation is 1. The molecule has 0 unspecified atom stereocenters. The molecule has 0 heterocycles. The smallest absolute Gasteiger partial charge is 0.225 e. The van der Waals surface area contributed by atoms with Crippen molar-refractivity contribution in [3.8, 4) is 11.1 Å². The summed E-state index contributed by atoms with van der Waals surface area (Å²) in [5, 5.41) is 0.747. The van der Waals surface area contributed by atoms with Crippen molar-refractivity contribution in [2.24, 2.45) is 11.7 Å². The largest absolute Gasteiger partial charge is 0.385 e. The minimum atomic E-state index is 0.0636. The fraction of sp³-hybridized carbons (Fsp3) is 0.536. The molecule has 5 nitrogen and oxygen atoms in total. The number of hydrogen-bond donors (Lipinski definition) is 1. The molecule has 1 fully saturated rings. The highest BCUT2D eigenvalue weighted by atomic mass is 35.5. The first-order chi connectivity index (χ1) is 16.4. The normalized spacial score (nSPS) is 17.7. The molecule has 0 spiro atoms. The lowest BCUT2D eigenvalue weighted by molar-refractivity contribution is -0.133. The van der Waals surface area contributed by atoms with E-state index in [1.54, 1.807) is 7.11 Å². The molecule has 1 aliphatic rings. The molecular weight excluding hydrogens is 446 g/mol. The van der Waals surface area contributed by atoms with Gasteiger partial charge >= 0.3 is 0 Å². The summed E-state index contributed by atoms with van der Waals surface area (Å²) in [6, 6.07) is 14.9. The summed E-state index contributed by atoms with van der Waals surface area (Å²) in [7, 11) is 3.65. The molecule has 186 valence electrons. The Hall–Kier alpha value is -2.08.